The number of imidazole rings is 1. The van der Waals surface area contributed by atoms with E-state index in [0.29, 0.717) is 22.6 Å². The summed E-state index contributed by atoms with van der Waals surface area (Å²) in [5, 5.41) is 12.5. The zero-order chi connectivity index (χ0) is 18.1. The van der Waals surface area contributed by atoms with Crippen LogP contribution < -0.4 is 0 Å². The fourth-order valence-electron chi connectivity index (χ4n) is 2.97. The van der Waals surface area contributed by atoms with Gasteiger partial charge in [0.05, 0.1) is 6.33 Å². The van der Waals surface area contributed by atoms with E-state index in [-0.39, 0.29) is 0 Å². The average molecular weight is 364 g/mol. The van der Waals surface area contributed by atoms with E-state index < -0.39 is 12.0 Å². The summed E-state index contributed by atoms with van der Waals surface area (Å²) in [6.45, 7) is 1.83. The lowest BCUT2D eigenvalue weighted by molar-refractivity contribution is -0.140. The molecule has 0 bridgehead atoms. The van der Waals surface area contributed by atoms with Crippen molar-refractivity contribution in [3.05, 3.63) is 55.1 Å². The summed E-state index contributed by atoms with van der Waals surface area (Å²) >= 11 is 1.50. The maximum Gasteiger partial charge on any atom is 0.326 e. The van der Waals surface area contributed by atoms with E-state index in [0.717, 1.165) is 10.3 Å². The standard InChI is InChI=1S/C19H16N4O2S/c1-2-15(19(24)25)23-11-22-16-17(23)20-10-21-18(16)26-14-8-7-12-5-3-4-6-13(12)9-14/h3-11,15H,2H2,1H3,(H,24,25). The first kappa shape index (κ1) is 16.5. The van der Waals surface area contributed by atoms with Crippen molar-refractivity contribution in [2.45, 2.75) is 29.3 Å². The Balaban J connectivity index is 1.74. The van der Waals surface area contributed by atoms with Crippen LogP contribution in [0.2, 0.25) is 0 Å². The molecule has 130 valence electrons. The van der Waals surface area contributed by atoms with Crippen molar-refractivity contribution in [3.8, 4) is 0 Å². The summed E-state index contributed by atoms with van der Waals surface area (Å²) in [6, 6.07) is 13.7. The number of aromatic nitrogens is 4. The number of carboxylic acids is 1. The van der Waals surface area contributed by atoms with Gasteiger partial charge >= 0.3 is 5.97 Å². The van der Waals surface area contributed by atoms with Crippen LogP contribution in [0.25, 0.3) is 21.9 Å². The molecule has 0 fully saturated rings. The molecule has 1 unspecified atom stereocenters. The molecule has 2 aromatic carbocycles. The average Bonchev–Trinajstić information content (AvgIpc) is 3.07. The van der Waals surface area contributed by atoms with Gasteiger partial charge in [0.15, 0.2) is 5.65 Å². The predicted molar refractivity (Wildman–Crippen MR) is 100 cm³/mol. The molecule has 2 aromatic heterocycles. The number of benzene rings is 2. The lowest BCUT2D eigenvalue weighted by Gasteiger charge is -2.11. The first-order valence-corrected chi connectivity index (χ1v) is 9.06. The highest BCUT2D eigenvalue weighted by Gasteiger charge is 2.21. The second-order valence-electron chi connectivity index (χ2n) is 5.88. The van der Waals surface area contributed by atoms with Crippen molar-refractivity contribution in [1.82, 2.24) is 19.5 Å². The monoisotopic (exact) mass is 364 g/mol. The van der Waals surface area contributed by atoms with Crippen LogP contribution in [0, 0.1) is 0 Å². The van der Waals surface area contributed by atoms with Gasteiger partial charge in [-0.1, -0.05) is 49.0 Å². The third-order valence-electron chi connectivity index (χ3n) is 4.27. The molecule has 0 spiro atoms. The van der Waals surface area contributed by atoms with Crippen LogP contribution in [0.4, 0.5) is 0 Å². The molecule has 0 saturated heterocycles. The van der Waals surface area contributed by atoms with E-state index in [2.05, 4.69) is 39.2 Å². The fraction of sp³-hybridized carbons (Fsp3) is 0.158. The Labute approximate surface area is 153 Å². The summed E-state index contributed by atoms with van der Waals surface area (Å²) in [7, 11) is 0. The second kappa shape index (κ2) is 6.76. The van der Waals surface area contributed by atoms with Crippen molar-refractivity contribution in [2.75, 3.05) is 0 Å². The summed E-state index contributed by atoms with van der Waals surface area (Å²) in [5.74, 6) is -0.894. The Hall–Kier alpha value is -2.93. The van der Waals surface area contributed by atoms with Gasteiger partial charge < -0.3 is 9.67 Å². The van der Waals surface area contributed by atoms with Gasteiger partial charge in [-0.2, -0.15) is 0 Å². The number of carbonyl (C=O) groups is 1. The van der Waals surface area contributed by atoms with Crippen LogP contribution in [0.5, 0.6) is 0 Å². The highest BCUT2D eigenvalue weighted by molar-refractivity contribution is 7.99. The molecule has 0 radical (unpaired) electrons. The van der Waals surface area contributed by atoms with Crippen LogP contribution in [0.1, 0.15) is 19.4 Å². The smallest absolute Gasteiger partial charge is 0.326 e. The van der Waals surface area contributed by atoms with Crippen LogP contribution in [-0.4, -0.2) is 30.6 Å². The molecule has 0 saturated carbocycles. The second-order valence-corrected chi connectivity index (χ2v) is 6.94. The molecule has 0 aliphatic heterocycles. The van der Waals surface area contributed by atoms with Gasteiger partial charge in [0, 0.05) is 4.90 Å². The van der Waals surface area contributed by atoms with Crippen LogP contribution in [-0.2, 0) is 4.79 Å². The van der Waals surface area contributed by atoms with E-state index in [1.165, 1.54) is 29.8 Å². The SMILES string of the molecule is CCC(C(=O)O)n1cnc2c(Sc3ccc4ccccc4c3)ncnc21. The van der Waals surface area contributed by atoms with Crippen molar-refractivity contribution < 1.29 is 9.90 Å². The van der Waals surface area contributed by atoms with Gasteiger partial charge in [0.2, 0.25) is 0 Å². The van der Waals surface area contributed by atoms with Gasteiger partial charge in [-0.3, -0.25) is 0 Å². The molecule has 7 heteroatoms. The zero-order valence-electron chi connectivity index (χ0n) is 14.0. The van der Waals surface area contributed by atoms with Crippen LogP contribution in [0.15, 0.2) is 65.0 Å². The maximum atomic E-state index is 11.5. The molecule has 26 heavy (non-hydrogen) atoms. The van der Waals surface area contributed by atoms with Crippen molar-refractivity contribution in [2.24, 2.45) is 0 Å². The molecule has 0 amide bonds. The van der Waals surface area contributed by atoms with E-state index in [9.17, 15) is 9.90 Å². The maximum absolute atomic E-state index is 11.5. The third kappa shape index (κ3) is 2.90. The van der Waals surface area contributed by atoms with Crippen molar-refractivity contribution in [1.29, 1.82) is 0 Å². The molecule has 4 rings (SSSR count). The Kier molecular flexibility index (Phi) is 4.30. The van der Waals surface area contributed by atoms with E-state index in [4.69, 9.17) is 0 Å². The summed E-state index contributed by atoms with van der Waals surface area (Å²) in [6.07, 6.45) is 3.45. The first-order chi connectivity index (χ1) is 12.7. The minimum Gasteiger partial charge on any atom is -0.480 e. The quantitative estimate of drug-likeness (QED) is 0.535. The largest absolute Gasteiger partial charge is 0.480 e. The number of hydrogen-bond acceptors (Lipinski definition) is 5. The molecule has 2 heterocycles. The highest BCUT2D eigenvalue weighted by atomic mass is 32.2. The minimum absolute atomic E-state index is 0.456. The van der Waals surface area contributed by atoms with E-state index in [1.54, 1.807) is 4.57 Å². The Morgan fingerprint density at radius 2 is 1.96 bits per heavy atom. The number of hydrogen-bond donors (Lipinski definition) is 1. The van der Waals surface area contributed by atoms with Gasteiger partial charge in [-0.05, 0) is 29.3 Å². The molecule has 0 aliphatic carbocycles. The van der Waals surface area contributed by atoms with Gasteiger partial charge in [-0.25, -0.2) is 19.7 Å². The number of nitrogens with zero attached hydrogens (tertiary/aromatic N) is 4. The molecule has 6 nitrogen and oxygen atoms in total. The van der Waals surface area contributed by atoms with E-state index in [1.807, 2.05) is 25.1 Å². The van der Waals surface area contributed by atoms with Gasteiger partial charge in [-0.15, -0.1) is 0 Å². The fourth-order valence-corrected chi connectivity index (χ4v) is 3.85. The van der Waals surface area contributed by atoms with Gasteiger partial charge in [0.25, 0.3) is 0 Å². The summed E-state index contributed by atoms with van der Waals surface area (Å²) in [4.78, 5) is 25.5. The Morgan fingerprint density at radius 3 is 2.73 bits per heavy atom. The topological polar surface area (TPSA) is 80.9 Å². The van der Waals surface area contributed by atoms with Crippen LogP contribution in [0.3, 0.4) is 0 Å². The van der Waals surface area contributed by atoms with Gasteiger partial charge in [0.1, 0.15) is 22.9 Å². The Bertz CT molecular complexity index is 1110. The molecule has 1 N–H and O–H groups in total. The normalized spacial score (nSPS) is 12.5. The Morgan fingerprint density at radius 1 is 1.15 bits per heavy atom. The minimum atomic E-state index is -0.894. The summed E-state index contributed by atoms with van der Waals surface area (Å²) in [5.41, 5.74) is 1.16. The van der Waals surface area contributed by atoms with Crippen LogP contribution >= 0.6 is 11.8 Å². The lowest BCUT2D eigenvalue weighted by atomic mass is 10.1. The number of fused-ring (bicyclic) bond motifs is 2. The molecular weight excluding hydrogens is 348 g/mol. The lowest BCUT2D eigenvalue weighted by Crippen LogP contribution is -2.17. The molecular formula is C19H16N4O2S. The zero-order valence-corrected chi connectivity index (χ0v) is 14.8. The highest BCUT2D eigenvalue weighted by Crippen LogP contribution is 2.33. The number of aliphatic carboxylic acids is 1. The third-order valence-corrected chi connectivity index (χ3v) is 5.25. The molecule has 0 aliphatic rings. The van der Waals surface area contributed by atoms with E-state index >= 15 is 0 Å². The number of carboxylic acid groups (broad SMARTS) is 1. The molecule has 1 atom stereocenters. The van der Waals surface area contributed by atoms with Crippen molar-refractivity contribution >= 4 is 39.7 Å². The first-order valence-electron chi connectivity index (χ1n) is 8.24. The number of rotatable bonds is 5. The molecule has 4 aromatic rings. The predicted octanol–water partition coefficient (Wildman–Crippen LogP) is 4.17. The van der Waals surface area contributed by atoms with Crippen molar-refractivity contribution in [3.63, 3.8) is 0 Å². The summed E-state index contributed by atoms with van der Waals surface area (Å²) < 4.78 is 1.60.